The second-order valence-corrected chi connectivity index (χ2v) is 6.16. The van der Waals surface area contributed by atoms with Crippen LogP contribution in [0, 0.1) is 17.1 Å². The zero-order valence-corrected chi connectivity index (χ0v) is 12.3. The number of likely N-dealkylation sites (tertiary alicyclic amines) is 1. The van der Waals surface area contributed by atoms with Gasteiger partial charge in [-0.25, -0.2) is 4.39 Å². The lowest BCUT2D eigenvalue weighted by atomic mass is 9.94. The van der Waals surface area contributed by atoms with E-state index in [1.807, 2.05) is 12.1 Å². The van der Waals surface area contributed by atoms with Crippen LogP contribution in [0.2, 0.25) is 0 Å². The Kier molecular flexibility index (Phi) is 4.52. The van der Waals surface area contributed by atoms with E-state index in [4.69, 9.17) is 5.26 Å². The first-order valence-electron chi connectivity index (χ1n) is 7.94. The van der Waals surface area contributed by atoms with Crippen molar-refractivity contribution in [3.05, 3.63) is 35.1 Å². The Bertz CT molecular complexity index is 531. The molecule has 3 rings (SSSR count). The molecule has 0 radical (unpaired) electrons. The van der Waals surface area contributed by atoms with Crippen molar-refractivity contribution in [2.24, 2.45) is 0 Å². The molecule has 2 fully saturated rings. The van der Waals surface area contributed by atoms with Crippen LogP contribution in [-0.2, 0) is 6.54 Å². The van der Waals surface area contributed by atoms with Gasteiger partial charge in [-0.15, -0.1) is 0 Å². The number of benzene rings is 1. The summed E-state index contributed by atoms with van der Waals surface area (Å²) in [6.45, 7) is 3.05. The zero-order chi connectivity index (χ0) is 14.7. The molecule has 2 unspecified atom stereocenters. The van der Waals surface area contributed by atoms with Gasteiger partial charge < -0.3 is 5.32 Å². The molecule has 21 heavy (non-hydrogen) atoms. The first kappa shape index (κ1) is 14.5. The van der Waals surface area contributed by atoms with Gasteiger partial charge in [0.15, 0.2) is 0 Å². The van der Waals surface area contributed by atoms with E-state index < -0.39 is 5.82 Å². The third-order valence-electron chi connectivity index (χ3n) is 4.76. The molecule has 2 heterocycles. The molecule has 2 aliphatic heterocycles. The second-order valence-electron chi connectivity index (χ2n) is 6.16. The number of rotatable bonds is 3. The predicted octanol–water partition coefficient (Wildman–Crippen LogP) is 2.80. The molecular formula is C17H22FN3. The van der Waals surface area contributed by atoms with E-state index in [1.54, 1.807) is 6.07 Å². The summed E-state index contributed by atoms with van der Waals surface area (Å²) in [6, 6.07) is 8.04. The van der Waals surface area contributed by atoms with E-state index in [2.05, 4.69) is 10.2 Å². The van der Waals surface area contributed by atoms with Crippen LogP contribution in [0.5, 0.6) is 0 Å². The number of nitriles is 1. The van der Waals surface area contributed by atoms with Gasteiger partial charge in [0, 0.05) is 18.6 Å². The quantitative estimate of drug-likeness (QED) is 0.929. The Morgan fingerprint density at radius 3 is 2.95 bits per heavy atom. The van der Waals surface area contributed by atoms with Gasteiger partial charge in [0.05, 0.1) is 5.56 Å². The van der Waals surface area contributed by atoms with Crippen molar-refractivity contribution in [2.45, 2.75) is 50.7 Å². The normalized spacial score (nSPS) is 26.7. The summed E-state index contributed by atoms with van der Waals surface area (Å²) in [4.78, 5) is 2.51. The van der Waals surface area contributed by atoms with Gasteiger partial charge in [0.1, 0.15) is 11.9 Å². The summed E-state index contributed by atoms with van der Waals surface area (Å²) in [6.07, 6.45) is 6.30. The van der Waals surface area contributed by atoms with Crippen LogP contribution >= 0.6 is 0 Å². The molecule has 112 valence electrons. The molecule has 0 saturated carbocycles. The highest BCUT2D eigenvalue weighted by atomic mass is 19.1. The summed E-state index contributed by atoms with van der Waals surface area (Å²) in [5.74, 6) is -0.422. The second kappa shape index (κ2) is 6.55. The summed E-state index contributed by atoms with van der Waals surface area (Å²) in [5, 5.41) is 12.6. The average Bonchev–Trinajstić information content (AvgIpc) is 3.04. The van der Waals surface area contributed by atoms with Crippen LogP contribution in [0.25, 0.3) is 0 Å². The average molecular weight is 287 g/mol. The maximum atomic E-state index is 13.4. The van der Waals surface area contributed by atoms with Gasteiger partial charge in [-0.05, 0) is 56.5 Å². The van der Waals surface area contributed by atoms with Gasteiger partial charge in [-0.2, -0.15) is 5.26 Å². The highest BCUT2D eigenvalue weighted by molar-refractivity contribution is 5.34. The molecule has 0 bridgehead atoms. The van der Waals surface area contributed by atoms with Crippen LogP contribution < -0.4 is 5.32 Å². The van der Waals surface area contributed by atoms with Crippen molar-refractivity contribution in [3.8, 4) is 6.07 Å². The van der Waals surface area contributed by atoms with Gasteiger partial charge >= 0.3 is 0 Å². The third-order valence-corrected chi connectivity index (χ3v) is 4.76. The largest absolute Gasteiger partial charge is 0.312 e. The number of piperidine rings is 1. The van der Waals surface area contributed by atoms with Crippen LogP contribution in [0.15, 0.2) is 18.2 Å². The topological polar surface area (TPSA) is 39.1 Å². The molecule has 4 heteroatoms. The molecule has 0 aromatic heterocycles. The summed E-state index contributed by atoms with van der Waals surface area (Å²) < 4.78 is 13.4. The van der Waals surface area contributed by atoms with Crippen LogP contribution in [0.4, 0.5) is 4.39 Å². The van der Waals surface area contributed by atoms with E-state index >= 15 is 0 Å². The number of halogens is 1. The standard InChI is InChI=1S/C17H22FN3/c18-15-7-6-13(10-14(15)11-19)12-21-9-2-1-5-17(21)16-4-3-8-20-16/h6-7,10,16-17,20H,1-5,8-9,12H2. The summed E-state index contributed by atoms with van der Waals surface area (Å²) >= 11 is 0. The van der Waals surface area contributed by atoms with E-state index in [9.17, 15) is 4.39 Å². The molecule has 0 amide bonds. The van der Waals surface area contributed by atoms with Crippen molar-refractivity contribution in [1.82, 2.24) is 10.2 Å². The van der Waals surface area contributed by atoms with Crippen LogP contribution in [0.1, 0.15) is 43.2 Å². The Morgan fingerprint density at radius 1 is 1.29 bits per heavy atom. The molecule has 2 atom stereocenters. The molecule has 0 aliphatic carbocycles. The first-order valence-corrected chi connectivity index (χ1v) is 7.94. The molecule has 3 nitrogen and oxygen atoms in total. The Balaban J connectivity index is 1.73. The van der Waals surface area contributed by atoms with Crippen LogP contribution in [-0.4, -0.2) is 30.1 Å². The SMILES string of the molecule is N#Cc1cc(CN2CCCCC2C2CCCN2)ccc1F. The molecule has 1 aromatic rings. The first-order chi connectivity index (χ1) is 10.3. The Labute approximate surface area is 125 Å². The van der Waals surface area contributed by atoms with E-state index in [1.165, 1.54) is 38.2 Å². The van der Waals surface area contributed by atoms with Gasteiger partial charge in [-0.3, -0.25) is 4.90 Å². The Morgan fingerprint density at radius 2 is 2.19 bits per heavy atom. The molecule has 1 aromatic carbocycles. The zero-order valence-electron chi connectivity index (χ0n) is 12.3. The summed E-state index contributed by atoms with van der Waals surface area (Å²) in [5.41, 5.74) is 1.19. The fourth-order valence-corrected chi connectivity index (χ4v) is 3.70. The minimum atomic E-state index is -0.422. The van der Waals surface area contributed by atoms with E-state index in [0.29, 0.717) is 12.1 Å². The molecule has 0 spiro atoms. The molecular weight excluding hydrogens is 265 g/mol. The third kappa shape index (κ3) is 3.25. The molecule has 2 aliphatic rings. The van der Waals surface area contributed by atoms with Crippen LogP contribution in [0.3, 0.4) is 0 Å². The van der Waals surface area contributed by atoms with E-state index in [-0.39, 0.29) is 5.56 Å². The lowest BCUT2D eigenvalue weighted by Gasteiger charge is -2.39. The monoisotopic (exact) mass is 287 g/mol. The van der Waals surface area contributed by atoms with Crippen molar-refractivity contribution < 1.29 is 4.39 Å². The lowest BCUT2D eigenvalue weighted by molar-refractivity contribution is 0.112. The number of nitrogens with zero attached hydrogens (tertiary/aromatic N) is 2. The number of hydrogen-bond donors (Lipinski definition) is 1. The fraction of sp³-hybridized carbons (Fsp3) is 0.588. The van der Waals surface area contributed by atoms with E-state index in [0.717, 1.165) is 25.2 Å². The van der Waals surface area contributed by atoms with Gasteiger partial charge in [-0.1, -0.05) is 12.5 Å². The van der Waals surface area contributed by atoms with Crippen molar-refractivity contribution in [3.63, 3.8) is 0 Å². The molecule has 1 N–H and O–H groups in total. The highest BCUT2D eigenvalue weighted by Gasteiger charge is 2.31. The maximum Gasteiger partial charge on any atom is 0.140 e. The number of hydrogen-bond acceptors (Lipinski definition) is 3. The Hall–Kier alpha value is -1.44. The highest BCUT2D eigenvalue weighted by Crippen LogP contribution is 2.26. The van der Waals surface area contributed by atoms with Gasteiger partial charge in [0.2, 0.25) is 0 Å². The van der Waals surface area contributed by atoms with Crippen molar-refractivity contribution in [2.75, 3.05) is 13.1 Å². The van der Waals surface area contributed by atoms with Gasteiger partial charge in [0.25, 0.3) is 0 Å². The summed E-state index contributed by atoms with van der Waals surface area (Å²) in [7, 11) is 0. The maximum absolute atomic E-state index is 13.4. The minimum Gasteiger partial charge on any atom is -0.312 e. The van der Waals surface area contributed by atoms with Crippen molar-refractivity contribution >= 4 is 0 Å². The number of nitrogens with one attached hydrogen (secondary N) is 1. The molecule has 2 saturated heterocycles. The smallest absolute Gasteiger partial charge is 0.140 e. The predicted molar refractivity (Wildman–Crippen MR) is 80.2 cm³/mol. The minimum absolute atomic E-state index is 0.153. The lowest BCUT2D eigenvalue weighted by Crippen LogP contribution is -2.49. The van der Waals surface area contributed by atoms with Crippen molar-refractivity contribution in [1.29, 1.82) is 5.26 Å². The fourth-order valence-electron chi connectivity index (χ4n) is 3.70.